The Balaban J connectivity index is 4.68. The molecule has 0 heterocycles. The van der Waals surface area contributed by atoms with Crippen LogP contribution in [0.4, 0.5) is 0 Å². The summed E-state index contributed by atoms with van der Waals surface area (Å²) in [6.45, 7) is 6.14. The molecule has 0 spiro atoms. The van der Waals surface area contributed by atoms with E-state index in [1.807, 2.05) is 72.9 Å². The van der Waals surface area contributed by atoms with Crippen molar-refractivity contribution in [1.29, 1.82) is 0 Å². The van der Waals surface area contributed by atoms with Crippen LogP contribution in [0, 0.1) is 0 Å². The Bertz CT molecular complexity index is 1900. The van der Waals surface area contributed by atoms with E-state index in [0.717, 1.165) is 135 Å². The van der Waals surface area contributed by atoms with Crippen molar-refractivity contribution >= 4 is 17.9 Å². The average Bonchev–Trinajstić information content (AvgIpc) is 3.41. The summed E-state index contributed by atoms with van der Waals surface area (Å²) in [5.74, 6) is -1.06. The fourth-order valence-corrected chi connectivity index (χ4v) is 6.77. The molecule has 0 aliphatic heterocycles. The van der Waals surface area contributed by atoms with Crippen LogP contribution >= 0.6 is 0 Å². The second-order valence-corrected chi connectivity index (χ2v) is 17.9. The third-order valence-corrected chi connectivity index (χ3v) is 11.0. The first-order chi connectivity index (χ1) is 37.0. The standard InChI is InChI=1S/C69H100O6/c1-4-7-10-13-16-19-22-25-28-31-34-37-40-43-46-49-52-55-58-61-67(70)73-64-66(75-69(72)63-60-57-54-51-48-45-42-39-36-33-30-27-24-21-18-15-12-9-6-3)65-74-68(71)62-59-56-53-50-47-44-41-38-35-32-29-26-23-20-17-14-11-8-5-2/h7-13,16-22,25-31,34-40,43-48,66H,4-6,14-15,23-24,32-33,41-42,49-65H2,1-3H3/b10-7-,11-8-,12-9-,16-13-,20-17-,21-18-,22-19-,28-25-,29-26-,30-27-,34-31+,38-35-,39-36-,40-37-,46-43-,47-44-,48-45-. The van der Waals surface area contributed by atoms with E-state index < -0.39 is 6.10 Å². The minimum atomic E-state index is -0.844. The van der Waals surface area contributed by atoms with Gasteiger partial charge in [-0.15, -0.1) is 0 Å². The summed E-state index contributed by atoms with van der Waals surface area (Å²) in [6.07, 6.45) is 93.8. The van der Waals surface area contributed by atoms with Gasteiger partial charge in [0.2, 0.25) is 0 Å². The van der Waals surface area contributed by atoms with Gasteiger partial charge in [0.25, 0.3) is 0 Å². The van der Waals surface area contributed by atoms with E-state index in [1.165, 1.54) is 0 Å². The zero-order valence-electron chi connectivity index (χ0n) is 47.0. The molecule has 6 heteroatoms. The number of esters is 3. The maximum Gasteiger partial charge on any atom is 0.306 e. The van der Waals surface area contributed by atoms with Crippen LogP contribution in [0.3, 0.4) is 0 Å². The Morgan fingerprint density at radius 2 is 0.547 bits per heavy atom. The van der Waals surface area contributed by atoms with Gasteiger partial charge in [0.1, 0.15) is 13.2 Å². The number of unbranched alkanes of at least 4 members (excludes halogenated alkanes) is 9. The number of hydrogen-bond acceptors (Lipinski definition) is 6. The fraction of sp³-hybridized carbons (Fsp3) is 0.464. The van der Waals surface area contributed by atoms with Gasteiger partial charge >= 0.3 is 17.9 Å². The summed E-state index contributed by atoms with van der Waals surface area (Å²) >= 11 is 0. The molecule has 0 rings (SSSR count). The number of ether oxygens (including phenoxy) is 3. The lowest BCUT2D eigenvalue weighted by atomic mass is 10.1. The van der Waals surface area contributed by atoms with Crippen molar-refractivity contribution in [3.63, 3.8) is 0 Å². The van der Waals surface area contributed by atoms with E-state index in [2.05, 4.69) is 154 Å². The van der Waals surface area contributed by atoms with Crippen molar-refractivity contribution in [3.05, 3.63) is 207 Å². The number of carbonyl (C=O) groups excluding carboxylic acids is 3. The van der Waals surface area contributed by atoms with Gasteiger partial charge in [-0.1, -0.05) is 247 Å². The normalized spacial score (nSPS) is 13.7. The zero-order chi connectivity index (χ0) is 54.3. The molecule has 6 nitrogen and oxygen atoms in total. The fourth-order valence-electron chi connectivity index (χ4n) is 6.77. The van der Waals surface area contributed by atoms with Crippen LogP contribution in [0.5, 0.6) is 0 Å². The van der Waals surface area contributed by atoms with E-state index >= 15 is 0 Å². The summed E-state index contributed by atoms with van der Waals surface area (Å²) in [7, 11) is 0. The van der Waals surface area contributed by atoms with Crippen LogP contribution in [0.1, 0.15) is 188 Å². The second-order valence-electron chi connectivity index (χ2n) is 17.9. The maximum atomic E-state index is 12.9. The van der Waals surface area contributed by atoms with Gasteiger partial charge in [-0.3, -0.25) is 14.4 Å². The first-order valence-corrected chi connectivity index (χ1v) is 28.7. The number of hydrogen-bond donors (Lipinski definition) is 0. The van der Waals surface area contributed by atoms with E-state index in [4.69, 9.17) is 14.2 Å². The Kier molecular flexibility index (Phi) is 55.7. The first-order valence-electron chi connectivity index (χ1n) is 28.7. The molecule has 0 saturated heterocycles. The van der Waals surface area contributed by atoms with Crippen LogP contribution in [0.15, 0.2) is 207 Å². The molecule has 0 amide bonds. The molecule has 0 saturated carbocycles. The molecule has 0 fully saturated rings. The highest BCUT2D eigenvalue weighted by Gasteiger charge is 2.19. The lowest BCUT2D eigenvalue weighted by Crippen LogP contribution is -2.30. The monoisotopic (exact) mass is 1020 g/mol. The number of allylic oxidation sites excluding steroid dienone is 34. The van der Waals surface area contributed by atoms with Gasteiger partial charge in [0.15, 0.2) is 6.10 Å². The third-order valence-electron chi connectivity index (χ3n) is 11.0. The predicted octanol–water partition coefficient (Wildman–Crippen LogP) is 19.6. The quantitative estimate of drug-likeness (QED) is 0.0199. The Morgan fingerprint density at radius 3 is 0.880 bits per heavy atom. The Labute approximate surface area is 458 Å². The van der Waals surface area contributed by atoms with Crippen LogP contribution in [0.25, 0.3) is 0 Å². The summed E-state index contributed by atoms with van der Waals surface area (Å²) in [5, 5.41) is 0. The van der Waals surface area contributed by atoms with Crippen molar-refractivity contribution in [3.8, 4) is 0 Å². The highest BCUT2D eigenvalue weighted by atomic mass is 16.6. The summed E-state index contributed by atoms with van der Waals surface area (Å²) in [4.78, 5) is 38.2. The molecular weight excluding hydrogens is 925 g/mol. The van der Waals surface area contributed by atoms with Crippen LogP contribution < -0.4 is 0 Å². The Morgan fingerprint density at radius 1 is 0.280 bits per heavy atom. The molecule has 1 atom stereocenters. The van der Waals surface area contributed by atoms with E-state index in [1.54, 1.807) is 0 Å². The van der Waals surface area contributed by atoms with E-state index in [9.17, 15) is 14.4 Å². The molecule has 0 aliphatic rings. The Hall–Kier alpha value is -6.01. The topological polar surface area (TPSA) is 78.9 Å². The summed E-state index contributed by atoms with van der Waals surface area (Å²) in [5.41, 5.74) is 0. The molecule has 0 aromatic rings. The maximum absolute atomic E-state index is 12.9. The minimum Gasteiger partial charge on any atom is -0.462 e. The third kappa shape index (κ3) is 58.7. The van der Waals surface area contributed by atoms with E-state index in [-0.39, 0.29) is 44.0 Å². The highest BCUT2D eigenvalue weighted by molar-refractivity contribution is 5.71. The molecule has 1 unspecified atom stereocenters. The molecule has 412 valence electrons. The molecule has 0 bridgehead atoms. The average molecular weight is 1030 g/mol. The molecule has 0 aromatic heterocycles. The van der Waals surface area contributed by atoms with Crippen molar-refractivity contribution in [1.82, 2.24) is 0 Å². The molecule has 75 heavy (non-hydrogen) atoms. The van der Waals surface area contributed by atoms with Gasteiger partial charge in [0.05, 0.1) is 0 Å². The molecule has 0 aliphatic carbocycles. The molecule has 0 aromatic carbocycles. The van der Waals surface area contributed by atoms with Gasteiger partial charge in [-0.2, -0.15) is 0 Å². The van der Waals surface area contributed by atoms with E-state index in [0.29, 0.717) is 19.3 Å². The lowest BCUT2D eigenvalue weighted by Gasteiger charge is -2.18. The highest BCUT2D eigenvalue weighted by Crippen LogP contribution is 2.11. The largest absolute Gasteiger partial charge is 0.462 e. The van der Waals surface area contributed by atoms with Crippen molar-refractivity contribution in [2.75, 3.05) is 13.2 Å². The van der Waals surface area contributed by atoms with Crippen LogP contribution in [-0.4, -0.2) is 37.2 Å². The summed E-state index contributed by atoms with van der Waals surface area (Å²) < 4.78 is 16.8. The second kappa shape index (κ2) is 60.5. The van der Waals surface area contributed by atoms with Gasteiger partial charge < -0.3 is 14.2 Å². The van der Waals surface area contributed by atoms with Crippen molar-refractivity contribution in [2.24, 2.45) is 0 Å². The molecular formula is C69H100O6. The van der Waals surface area contributed by atoms with Gasteiger partial charge in [-0.25, -0.2) is 0 Å². The summed E-state index contributed by atoms with van der Waals surface area (Å²) in [6, 6.07) is 0. The lowest BCUT2D eigenvalue weighted by molar-refractivity contribution is -0.167. The van der Waals surface area contributed by atoms with Crippen LogP contribution in [-0.2, 0) is 28.6 Å². The smallest absolute Gasteiger partial charge is 0.306 e. The first kappa shape index (κ1) is 69.0. The number of carbonyl (C=O) groups is 3. The molecule has 0 N–H and O–H groups in total. The molecule has 0 radical (unpaired) electrons. The zero-order valence-corrected chi connectivity index (χ0v) is 47.0. The van der Waals surface area contributed by atoms with Gasteiger partial charge in [0, 0.05) is 19.3 Å². The minimum absolute atomic E-state index is 0.137. The van der Waals surface area contributed by atoms with Crippen LogP contribution in [0.2, 0.25) is 0 Å². The van der Waals surface area contributed by atoms with Gasteiger partial charge in [-0.05, 0) is 128 Å². The SMILES string of the molecule is CC\C=C/C=C\C=C/C=C\C=C\C=C/C=C\CCCCCC(=O)OCC(COC(=O)CCCCC/C=C\C/C=C\C/C=C\C/C=C\C/C=C\CC)OC(=O)CCCCC/C=C\C/C=C\C/C=C\C/C=C\C/C=C\CC. The number of rotatable bonds is 48. The predicted molar refractivity (Wildman–Crippen MR) is 324 cm³/mol. The van der Waals surface area contributed by atoms with Crippen molar-refractivity contribution in [2.45, 2.75) is 194 Å². The van der Waals surface area contributed by atoms with Crippen molar-refractivity contribution < 1.29 is 28.6 Å².